The summed E-state index contributed by atoms with van der Waals surface area (Å²) < 4.78 is 50.9. The SMILES string of the molecule is CC(C)C(=O)Nc1nc2c(nc(C#Cc3ccc(C#Cc4nc5c(=O)[nH]c(NC(=O)C(C)C)nc5n4[C@@H]4O[C@H](COC(=O)C(C)C)[C@@H](OC(=O)C(C)C)[C@H]4OC(=O)C(C)C)cc3)n2[C@@H]2O[C@H](COC(=O)C(C)C)[C@@H](OC(=O)C(C)C)[C@H]2OC(=O)C(C)C)c(=O)[nH]1. The molecule has 4 aromatic heterocycles. The highest BCUT2D eigenvalue weighted by Gasteiger charge is 2.54. The van der Waals surface area contributed by atoms with Crippen molar-refractivity contribution in [3.05, 3.63) is 67.7 Å². The lowest BCUT2D eigenvalue weighted by Crippen LogP contribution is -2.42. The summed E-state index contributed by atoms with van der Waals surface area (Å²) >= 11 is 0. The molecule has 6 heterocycles. The molecule has 2 fully saturated rings. The molecular formula is C62H76N10O18. The smallest absolute Gasteiger partial charge is 0.308 e. The first-order valence-corrected chi connectivity index (χ1v) is 29.6. The van der Waals surface area contributed by atoms with Crippen LogP contribution in [0.2, 0.25) is 0 Å². The third-order valence-corrected chi connectivity index (χ3v) is 13.9. The molecule has 2 saturated heterocycles. The Morgan fingerprint density at radius 1 is 0.444 bits per heavy atom. The van der Waals surface area contributed by atoms with Gasteiger partial charge in [-0.25, -0.2) is 9.97 Å². The number of hydrogen-bond acceptors (Lipinski definition) is 22. The number of aromatic nitrogens is 8. The zero-order valence-electron chi connectivity index (χ0n) is 53.0. The van der Waals surface area contributed by atoms with Crippen LogP contribution in [0.5, 0.6) is 0 Å². The van der Waals surface area contributed by atoms with Crippen molar-refractivity contribution in [2.24, 2.45) is 47.3 Å². The van der Waals surface area contributed by atoms with E-state index in [1.807, 2.05) is 0 Å². The molecule has 0 unspecified atom stereocenters. The Morgan fingerprint density at radius 3 is 1.03 bits per heavy atom. The first-order chi connectivity index (χ1) is 42.3. The van der Waals surface area contributed by atoms with E-state index in [1.165, 1.54) is 9.13 Å². The topological polar surface area (TPSA) is 362 Å². The van der Waals surface area contributed by atoms with Crippen LogP contribution in [-0.4, -0.2) is 137 Å². The number of H-pyrrole nitrogens is 2. The number of carbonyl (C=O) groups excluding carboxylic acids is 8. The Labute approximate surface area is 517 Å². The molecule has 2 amide bonds. The van der Waals surface area contributed by atoms with Crippen molar-refractivity contribution < 1.29 is 76.3 Å². The van der Waals surface area contributed by atoms with E-state index in [1.54, 1.807) is 135 Å². The van der Waals surface area contributed by atoms with Gasteiger partial charge in [-0.15, -0.1) is 0 Å². The van der Waals surface area contributed by atoms with Crippen LogP contribution >= 0.6 is 0 Å². The highest BCUT2D eigenvalue weighted by atomic mass is 16.7. The molecule has 28 heteroatoms. The van der Waals surface area contributed by atoms with Gasteiger partial charge in [0.25, 0.3) is 11.1 Å². The quantitative estimate of drug-likeness (QED) is 0.0452. The molecule has 90 heavy (non-hydrogen) atoms. The third-order valence-electron chi connectivity index (χ3n) is 13.9. The van der Waals surface area contributed by atoms with Crippen LogP contribution in [0.3, 0.4) is 0 Å². The minimum Gasteiger partial charge on any atom is -0.463 e. The Bertz CT molecular complexity index is 3570. The Balaban J connectivity index is 1.36. The number of aromatic amines is 2. The molecular weight excluding hydrogens is 1170 g/mol. The first-order valence-electron chi connectivity index (χ1n) is 29.6. The van der Waals surface area contributed by atoms with Gasteiger partial charge in [0.05, 0.1) is 35.5 Å². The molecule has 0 spiro atoms. The molecule has 0 aliphatic carbocycles. The van der Waals surface area contributed by atoms with Gasteiger partial charge in [-0.3, -0.25) is 77.7 Å². The van der Waals surface area contributed by atoms with E-state index < -0.39 is 168 Å². The predicted molar refractivity (Wildman–Crippen MR) is 320 cm³/mol. The van der Waals surface area contributed by atoms with Crippen LogP contribution < -0.4 is 21.8 Å². The van der Waals surface area contributed by atoms with Crippen LogP contribution in [0.25, 0.3) is 22.3 Å². The summed E-state index contributed by atoms with van der Waals surface area (Å²) in [7, 11) is 0. The van der Waals surface area contributed by atoms with E-state index in [-0.39, 0.29) is 45.9 Å². The maximum absolute atomic E-state index is 13.9. The van der Waals surface area contributed by atoms with Gasteiger partial charge in [-0.05, 0) is 36.1 Å². The van der Waals surface area contributed by atoms with E-state index in [0.29, 0.717) is 11.1 Å². The molecule has 2 aliphatic rings. The Morgan fingerprint density at radius 2 is 0.744 bits per heavy atom. The number of imidazole rings is 2. The summed E-state index contributed by atoms with van der Waals surface area (Å²) in [5, 5.41) is 5.15. The van der Waals surface area contributed by atoms with Gasteiger partial charge >= 0.3 is 35.8 Å². The number of nitrogens with zero attached hydrogens (tertiary/aromatic N) is 6. The summed E-state index contributed by atoms with van der Waals surface area (Å²) in [6.07, 6.45) is -11.3. The van der Waals surface area contributed by atoms with Crippen LogP contribution in [0, 0.1) is 71.0 Å². The average molecular weight is 1250 g/mol. The molecule has 7 rings (SSSR count). The Hall–Kier alpha value is -9.28. The molecule has 5 aromatic rings. The minimum absolute atomic E-state index is 0.175. The minimum atomic E-state index is -1.52. The number of anilines is 2. The summed E-state index contributed by atoms with van der Waals surface area (Å²) in [6.45, 7) is 24.8. The Kier molecular flexibility index (Phi) is 21.9. The van der Waals surface area contributed by atoms with Crippen molar-refractivity contribution >= 4 is 81.9 Å². The maximum Gasteiger partial charge on any atom is 0.308 e. The predicted octanol–water partition coefficient (Wildman–Crippen LogP) is 5.01. The summed E-state index contributed by atoms with van der Waals surface area (Å²) in [6, 6.07) is 6.36. The average Bonchev–Trinajstić information content (AvgIpc) is 1.60. The van der Waals surface area contributed by atoms with Crippen molar-refractivity contribution in [1.82, 2.24) is 39.0 Å². The molecule has 0 radical (unpaired) electrons. The van der Waals surface area contributed by atoms with Gasteiger partial charge in [0, 0.05) is 23.0 Å². The zero-order valence-corrected chi connectivity index (χ0v) is 53.0. The molecule has 0 bridgehead atoms. The number of benzene rings is 1. The fraction of sp³-hybridized carbons (Fsp3) is 0.548. The van der Waals surface area contributed by atoms with Crippen LogP contribution in [0.4, 0.5) is 11.9 Å². The van der Waals surface area contributed by atoms with Gasteiger partial charge in [-0.2, -0.15) is 9.97 Å². The third kappa shape index (κ3) is 15.9. The molecule has 4 N–H and O–H groups in total. The number of esters is 6. The summed E-state index contributed by atoms with van der Waals surface area (Å²) in [5.74, 6) is 1.10. The second kappa shape index (κ2) is 28.9. The second-order valence-corrected chi connectivity index (χ2v) is 24.1. The lowest BCUT2D eigenvalue weighted by Gasteiger charge is -2.26. The van der Waals surface area contributed by atoms with E-state index in [4.69, 9.17) is 37.9 Å². The van der Waals surface area contributed by atoms with E-state index in [9.17, 15) is 47.9 Å². The molecule has 482 valence electrons. The molecule has 2 aliphatic heterocycles. The zero-order chi connectivity index (χ0) is 66.3. The molecule has 28 nitrogen and oxygen atoms in total. The number of carbonyl (C=O) groups is 8. The highest BCUT2D eigenvalue weighted by Crippen LogP contribution is 2.40. The monoisotopic (exact) mass is 1250 g/mol. The van der Waals surface area contributed by atoms with E-state index >= 15 is 0 Å². The standard InChI is InChI=1S/C62H76N10O18/c1-27(2)49(73)67-61-65-47-41(51(75)69-61)63-39(71(47)53-45(89-59(81)33(13)14)43(87-57(79)31(9)10)37(85-53)25-83-55(77)29(5)6)23-21-35-17-19-36(20-18-35)22-24-40-64-42-48(66-62(70-52(42)76)68-50(74)28(3)4)72(40)54-46(90-60(82)34(15)16)44(88-58(80)32(11)12)38(86-54)26-84-56(78)30(7)8/h17-20,27-34,37-38,43-46,53-54H,25-26H2,1-16H3,(H2,65,67,69,73,75)(H2,66,68,70,74,76)/t37-,38-,43-,44-,45-,46-,53-,54-/m1/s1. The van der Waals surface area contributed by atoms with Crippen molar-refractivity contribution in [2.75, 3.05) is 23.8 Å². The van der Waals surface area contributed by atoms with Gasteiger partial charge in [0.15, 0.2) is 70.8 Å². The fourth-order valence-electron chi connectivity index (χ4n) is 8.54. The lowest BCUT2D eigenvalue weighted by molar-refractivity contribution is -0.173. The lowest BCUT2D eigenvalue weighted by atomic mass is 10.1. The van der Waals surface area contributed by atoms with Crippen LogP contribution in [-0.2, 0) is 76.3 Å². The number of amides is 2. The van der Waals surface area contributed by atoms with Crippen molar-refractivity contribution in [1.29, 1.82) is 0 Å². The normalized spacial score (nSPS) is 19.7. The first kappa shape index (κ1) is 68.2. The molecule has 8 atom stereocenters. The molecule has 0 saturated carbocycles. The van der Waals surface area contributed by atoms with Crippen molar-refractivity contribution in [2.45, 2.75) is 160 Å². The van der Waals surface area contributed by atoms with Gasteiger partial charge in [-0.1, -0.05) is 123 Å². The highest BCUT2D eigenvalue weighted by molar-refractivity contribution is 5.92. The summed E-state index contributed by atoms with van der Waals surface area (Å²) in [4.78, 5) is 157. The van der Waals surface area contributed by atoms with Crippen molar-refractivity contribution in [3.8, 4) is 23.7 Å². The van der Waals surface area contributed by atoms with Crippen molar-refractivity contribution in [3.63, 3.8) is 0 Å². The van der Waals surface area contributed by atoms with Crippen LogP contribution in [0.15, 0.2) is 33.9 Å². The number of nitrogens with one attached hydrogen (secondary N) is 4. The summed E-state index contributed by atoms with van der Waals surface area (Å²) in [5.41, 5.74) is -1.85. The van der Waals surface area contributed by atoms with Crippen LogP contribution in [0.1, 0.15) is 146 Å². The molecule has 1 aromatic carbocycles. The van der Waals surface area contributed by atoms with Gasteiger partial charge in [0.2, 0.25) is 23.7 Å². The number of rotatable bonds is 20. The fourth-order valence-corrected chi connectivity index (χ4v) is 8.54. The second-order valence-electron chi connectivity index (χ2n) is 24.1. The number of hydrogen-bond donors (Lipinski definition) is 4. The van der Waals surface area contributed by atoms with E-state index in [2.05, 4.69) is 64.2 Å². The van der Waals surface area contributed by atoms with Gasteiger partial charge in [0.1, 0.15) is 25.4 Å². The number of ether oxygens (including phenoxy) is 8. The largest absolute Gasteiger partial charge is 0.463 e. The van der Waals surface area contributed by atoms with E-state index in [0.717, 1.165) is 0 Å². The van der Waals surface area contributed by atoms with Gasteiger partial charge < -0.3 is 37.9 Å². The number of fused-ring (bicyclic) bond motifs is 2. The maximum atomic E-state index is 13.9.